The number of carbonyl (C=O) groups excluding carboxylic acids is 2. The van der Waals surface area contributed by atoms with Crippen LogP contribution in [0.25, 0.3) is 0 Å². The maximum Gasteiger partial charge on any atom is 0.312 e. The van der Waals surface area contributed by atoms with E-state index in [0.717, 1.165) is 0 Å². The van der Waals surface area contributed by atoms with Gasteiger partial charge in [0.05, 0.1) is 18.7 Å². The highest BCUT2D eigenvalue weighted by molar-refractivity contribution is 5.87. The molecular weight excluding hydrogens is 222 g/mol. The lowest BCUT2D eigenvalue weighted by atomic mass is 9.94. The van der Waals surface area contributed by atoms with E-state index in [4.69, 9.17) is 5.73 Å². The normalized spacial score (nSPS) is 19.7. The average molecular weight is 243 g/mol. The lowest BCUT2D eigenvalue weighted by Gasteiger charge is -2.45. The second-order valence-electron chi connectivity index (χ2n) is 5.38. The van der Waals surface area contributed by atoms with Gasteiger partial charge in [0.25, 0.3) is 0 Å². The molecule has 1 fully saturated rings. The van der Waals surface area contributed by atoms with E-state index in [2.05, 4.69) is 5.32 Å². The fourth-order valence-corrected chi connectivity index (χ4v) is 2.02. The molecule has 6 nitrogen and oxygen atoms in total. The van der Waals surface area contributed by atoms with Crippen molar-refractivity contribution in [3.63, 3.8) is 0 Å². The Morgan fingerprint density at radius 3 is 2.35 bits per heavy atom. The first-order valence-electron chi connectivity index (χ1n) is 5.78. The van der Waals surface area contributed by atoms with Crippen LogP contribution in [0, 0.1) is 5.92 Å². The van der Waals surface area contributed by atoms with Crippen molar-refractivity contribution in [3.05, 3.63) is 0 Å². The molecule has 1 aliphatic heterocycles. The Hall–Kier alpha value is -1.30. The highest BCUT2D eigenvalue weighted by Gasteiger charge is 2.41. The Kier molecular flexibility index (Phi) is 3.98. The fraction of sp³-hybridized carbons (Fsp3) is 0.818. The summed E-state index contributed by atoms with van der Waals surface area (Å²) < 4.78 is 0. The molecule has 1 rings (SSSR count). The fourth-order valence-electron chi connectivity index (χ4n) is 2.02. The molecule has 4 N–H and O–H groups in total. The molecule has 0 radical (unpaired) electrons. The van der Waals surface area contributed by atoms with E-state index in [9.17, 15) is 14.7 Å². The summed E-state index contributed by atoms with van der Waals surface area (Å²) in [7, 11) is 0. The van der Waals surface area contributed by atoms with Crippen molar-refractivity contribution < 1.29 is 14.7 Å². The van der Waals surface area contributed by atoms with Gasteiger partial charge >= 0.3 is 6.03 Å². The number of carbonyl (C=O) groups is 2. The van der Waals surface area contributed by atoms with Gasteiger partial charge in [-0.1, -0.05) is 13.8 Å². The number of likely N-dealkylation sites (tertiary alicyclic amines) is 1. The highest BCUT2D eigenvalue weighted by atomic mass is 16.3. The Labute approximate surface area is 101 Å². The molecule has 17 heavy (non-hydrogen) atoms. The summed E-state index contributed by atoms with van der Waals surface area (Å²) in [4.78, 5) is 24.4. The first-order valence-corrected chi connectivity index (χ1v) is 5.78. The first kappa shape index (κ1) is 13.8. The summed E-state index contributed by atoms with van der Waals surface area (Å²) >= 11 is 0. The smallest absolute Gasteiger partial charge is 0.312 e. The number of hydrogen-bond acceptors (Lipinski definition) is 3. The Morgan fingerprint density at radius 1 is 1.47 bits per heavy atom. The molecule has 6 heteroatoms. The van der Waals surface area contributed by atoms with Crippen LogP contribution < -0.4 is 11.1 Å². The number of aliphatic hydroxyl groups is 1. The quantitative estimate of drug-likeness (QED) is 0.630. The van der Waals surface area contributed by atoms with E-state index in [1.54, 1.807) is 6.92 Å². The molecule has 0 saturated carbocycles. The summed E-state index contributed by atoms with van der Waals surface area (Å²) in [5.74, 6) is 0.0987. The van der Waals surface area contributed by atoms with Crippen LogP contribution in [0.4, 0.5) is 4.79 Å². The number of rotatable bonds is 4. The van der Waals surface area contributed by atoms with Gasteiger partial charge in [0.15, 0.2) is 0 Å². The molecule has 0 spiro atoms. The molecule has 0 aromatic carbocycles. The van der Waals surface area contributed by atoms with E-state index >= 15 is 0 Å². The second kappa shape index (κ2) is 4.91. The number of amides is 3. The molecule has 3 amide bonds. The number of β-amino-alcohol motifs (C(OH)–C–C–N with tert-alkyl or cyclic N) is 1. The number of nitrogens with two attached hydrogens (primary N) is 1. The number of nitrogens with zero attached hydrogens (tertiary/aromatic N) is 1. The molecule has 1 atom stereocenters. The van der Waals surface area contributed by atoms with E-state index in [-0.39, 0.29) is 11.8 Å². The molecule has 0 bridgehead atoms. The lowest BCUT2D eigenvalue weighted by Crippen LogP contribution is -2.65. The standard InChI is InChI=1S/C11H21N3O3/c1-7(2)4-8(13-10(12)16)9(15)14-5-11(3,17)6-14/h7-8,17H,4-6H2,1-3H3,(H3,12,13,16). The number of nitrogens with one attached hydrogen (secondary N) is 1. The highest BCUT2D eigenvalue weighted by Crippen LogP contribution is 2.21. The van der Waals surface area contributed by atoms with Gasteiger partial charge in [0.2, 0.25) is 5.91 Å². The minimum Gasteiger partial charge on any atom is -0.386 e. The summed E-state index contributed by atoms with van der Waals surface area (Å²) in [5, 5.41) is 12.0. The van der Waals surface area contributed by atoms with Gasteiger partial charge in [-0.3, -0.25) is 4.79 Å². The van der Waals surface area contributed by atoms with E-state index < -0.39 is 17.7 Å². The summed E-state index contributed by atoms with van der Waals surface area (Å²) in [6.45, 7) is 6.22. The van der Waals surface area contributed by atoms with Gasteiger partial charge < -0.3 is 21.1 Å². The number of hydrogen-bond donors (Lipinski definition) is 3. The molecular formula is C11H21N3O3. The zero-order chi connectivity index (χ0) is 13.2. The monoisotopic (exact) mass is 243 g/mol. The topological polar surface area (TPSA) is 95.7 Å². The van der Waals surface area contributed by atoms with Crippen LogP contribution in [0.3, 0.4) is 0 Å². The van der Waals surface area contributed by atoms with Crippen molar-refractivity contribution in [1.82, 2.24) is 10.2 Å². The van der Waals surface area contributed by atoms with Gasteiger partial charge in [-0.05, 0) is 19.3 Å². The van der Waals surface area contributed by atoms with E-state index in [1.165, 1.54) is 4.90 Å². The van der Waals surface area contributed by atoms with Gasteiger partial charge in [-0.15, -0.1) is 0 Å². The lowest BCUT2D eigenvalue weighted by molar-refractivity contribution is -0.154. The van der Waals surface area contributed by atoms with Gasteiger partial charge in [0.1, 0.15) is 6.04 Å². The minimum absolute atomic E-state index is 0.177. The molecule has 0 aromatic rings. The van der Waals surface area contributed by atoms with Crippen LogP contribution in [0.2, 0.25) is 0 Å². The van der Waals surface area contributed by atoms with Crippen molar-refractivity contribution in [2.75, 3.05) is 13.1 Å². The van der Waals surface area contributed by atoms with Crippen molar-refractivity contribution in [3.8, 4) is 0 Å². The SMILES string of the molecule is CC(C)CC(NC(N)=O)C(=O)N1CC(C)(O)C1. The first-order chi connectivity index (χ1) is 7.71. The largest absolute Gasteiger partial charge is 0.386 e. The van der Waals surface area contributed by atoms with Crippen molar-refractivity contribution in [1.29, 1.82) is 0 Å². The third kappa shape index (κ3) is 3.89. The van der Waals surface area contributed by atoms with Crippen molar-refractivity contribution in [2.24, 2.45) is 11.7 Å². The number of primary amides is 1. The Balaban J connectivity index is 2.57. The van der Waals surface area contributed by atoms with E-state index in [1.807, 2.05) is 13.8 Å². The van der Waals surface area contributed by atoms with E-state index in [0.29, 0.717) is 19.5 Å². The summed E-state index contributed by atoms with van der Waals surface area (Å²) in [5.41, 5.74) is 4.25. The number of urea groups is 1. The van der Waals surface area contributed by atoms with Gasteiger partial charge in [-0.25, -0.2) is 4.79 Å². The minimum atomic E-state index is -0.801. The van der Waals surface area contributed by atoms with Crippen LogP contribution in [0.1, 0.15) is 27.2 Å². The van der Waals surface area contributed by atoms with Crippen molar-refractivity contribution in [2.45, 2.75) is 38.8 Å². The third-order valence-corrected chi connectivity index (χ3v) is 2.70. The molecule has 1 saturated heterocycles. The zero-order valence-corrected chi connectivity index (χ0v) is 10.6. The molecule has 1 aliphatic rings. The van der Waals surface area contributed by atoms with Gasteiger partial charge in [0, 0.05) is 0 Å². The Morgan fingerprint density at radius 2 is 2.00 bits per heavy atom. The second-order valence-corrected chi connectivity index (χ2v) is 5.38. The third-order valence-electron chi connectivity index (χ3n) is 2.70. The van der Waals surface area contributed by atoms with Gasteiger partial charge in [-0.2, -0.15) is 0 Å². The molecule has 0 aliphatic carbocycles. The molecule has 1 heterocycles. The summed E-state index contributed by atoms with van der Waals surface area (Å²) in [6.07, 6.45) is 0.542. The van der Waals surface area contributed by atoms with Crippen LogP contribution in [-0.4, -0.2) is 46.7 Å². The van der Waals surface area contributed by atoms with Crippen molar-refractivity contribution >= 4 is 11.9 Å². The zero-order valence-electron chi connectivity index (χ0n) is 10.6. The van der Waals surface area contributed by atoms with Crippen LogP contribution >= 0.6 is 0 Å². The van der Waals surface area contributed by atoms with Crippen LogP contribution in [0.15, 0.2) is 0 Å². The van der Waals surface area contributed by atoms with Crippen LogP contribution in [-0.2, 0) is 4.79 Å². The predicted molar refractivity (Wildman–Crippen MR) is 63.2 cm³/mol. The predicted octanol–water partition coefficient (Wildman–Crippen LogP) is -0.337. The maximum absolute atomic E-state index is 12.0. The molecule has 98 valence electrons. The maximum atomic E-state index is 12.0. The summed E-state index contributed by atoms with van der Waals surface area (Å²) in [6, 6.07) is -1.29. The average Bonchev–Trinajstić information content (AvgIpc) is 2.10. The molecule has 0 aromatic heterocycles. The molecule has 1 unspecified atom stereocenters. The Bertz CT molecular complexity index is 307. The van der Waals surface area contributed by atoms with Crippen LogP contribution in [0.5, 0.6) is 0 Å².